The van der Waals surface area contributed by atoms with Gasteiger partial charge in [0.15, 0.2) is 0 Å². The lowest BCUT2D eigenvalue weighted by atomic mass is 9.44. The molecule has 0 amide bonds. The predicted octanol–water partition coefficient (Wildman–Crippen LogP) is 4.64. The van der Waals surface area contributed by atoms with Crippen LogP contribution in [0.1, 0.15) is 92.4 Å². The number of fused-ring (bicyclic) bond motifs is 5. The van der Waals surface area contributed by atoms with Crippen LogP contribution in [0.3, 0.4) is 0 Å². The Hall–Kier alpha value is -1.10. The molecule has 5 nitrogen and oxygen atoms in total. The molecule has 170 valence electrons. The molecular formula is C25H40O5. The molecule has 5 heteroatoms. The van der Waals surface area contributed by atoms with Gasteiger partial charge in [0.05, 0.1) is 0 Å². The Bertz CT molecular complexity index is 706. The van der Waals surface area contributed by atoms with Crippen LogP contribution in [-0.2, 0) is 19.1 Å². The first-order chi connectivity index (χ1) is 14.0. The Morgan fingerprint density at radius 3 is 2.30 bits per heavy atom. The van der Waals surface area contributed by atoms with Gasteiger partial charge in [0.2, 0.25) is 0 Å². The zero-order chi connectivity index (χ0) is 21.9. The minimum Gasteiger partial charge on any atom is -0.463 e. The van der Waals surface area contributed by atoms with E-state index in [4.69, 9.17) is 9.47 Å². The van der Waals surface area contributed by atoms with Crippen LogP contribution in [-0.4, -0.2) is 34.9 Å². The van der Waals surface area contributed by atoms with Gasteiger partial charge in [-0.2, -0.15) is 0 Å². The molecule has 0 aromatic heterocycles. The van der Waals surface area contributed by atoms with E-state index in [-0.39, 0.29) is 23.5 Å². The molecule has 7 unspecified atom stereocenters. The summed E-state index contributed by atoms with van der Waals surface area (Å²) in [7, 11) is 0. The average Bonchev–Trinajstić information content (AvgIpc) is 2.93. The van der Waals surface area contributed by atoms with Crippen LogP contribution in [0.2, 0.25) is 0 Å². The van der Waals surface area contributed by atoms with Crippen molar-refractivity contribution in [3.8, 4) is 0 Å². The van der Waals surface area contributed by atoms with Crippen LogP contribution in [0.15, 0.2) is 0 Å². The van der Waals surface area contributed by atoms with Crippen molar-refractivity contribution in [1.82, 2.24) is 0 Å². The number of carbonyl (C=O) groups excluding carboxylic acids is 2. The number of hydrogen-bond donors (Lipinski definition) is 1. The van der Waals surface area contributed by atoms with Crippen LogP contribution in [0, 0.1) is 34.5 Å². The van der Waals surface area contributed by atoms with E-state index in [1.54, 1.807) is 0 Å². The van der Waals surface area contributed by atoms with Gasteiger partial charge in [-0.05, 0) is 93.8 Å². The zero-order valence-electron chi connectivity index (χ0n) is 19.4. The average molecular weight is 421 g/mol. The van der Waals surface area contributed by atoms with Gasteiger partial charge in [-0.25, -0.2) is 0 Å². The van der Waals surface area contributed by atoms with Gasteiger partial charge in [-0.3, -0.25) is 9.59 Å². The molecule has 4 saturated carbocycles. The van der Waals surface area contributed by atoms with E-state index in [0.29, 0.717) is 29.1 Å². The number of esters is 2. The second-order valence-electron chi connectivity index (χ2n) is 11.3. The summed E-state index contributed by atoms with van der Waals surface area (Å²) in [5, 5.41) is 11.7. The van der Waals surface area contributed by atoms with Crippen molar-refractivity contribution in [2.75, 3.05) is 0 Å². The second-order valence-corrected chi connectivity index (χ2v) is 11.3. The van der Waals surface area contributed by atoms with E-state index in [9.17, 15) is 14.7 Å². The lowest BCUT2D eigenvalue weighted by Crippen LogP contribution is -2.60. The molecule has 4 aliphatic rings. The molecule has 0 saturated heterocycles. The standard InChI is InChI=1S/C25H40O5/c1-15(29-16(2)26)25(28)13-10-22-20-7-6-18-14-19(30-17(3)27)8-11-23(18,4)21(20)9-12-24(22,25)5/h15,18-22,28H,6-14H2,1-5H3/t15?,18-,19?,20?,21?,22?,23?,24?,25-/m0/s1. The summed E-state index contributed by atoms with van der Waals surface area (Å²) in [6, 6.07) is 0. The highest BCUT2D eigenvalue weighted by molar-refractivity contribution is 5.66. The molecule has 0 radical (unpaired) electrons. The van der Waals surface area contributed by atoms with Gasteiger partial charge in [0.1, 0.15) is 17.8 Å². The summed E-state index contributed by atoms with van der Waals surface area (Å²) in [5.74, 6) is 1.96. The van der Waals surface area contributed by atoms with Crippen LogP contribution in [0.5, 0.6) is 0 Å². The lowest BCUT2D eigenvalue weighted by Gasteiger charge is -2.62. The Balaban J connectivity index is 1.54. The molecule has 30 heavy (non-hydrogen) atoms. The molecule has 9 atom stereocenters. The van der Waals surface area contributed by atoms with Gasteiger partial charge in [0, 0.05) is 19.3 Å². The Morgan fingerprint density at radius 1 is 0.933 bits per heavy atom. The van der Waals surface area contributed by atoms with E-state index >= 15 is 0 Å². The van der Waals surface area contributed by atoms with Crippen LogP contribution >= 0.6 is 0 Å². The molecule has 1 N–H and O–H groups in total. The molecule has 4 aliphatic carbocycles. The summed E-state index contributed by atoms with van der Waals surface area (Å²) < 4.78 is 11.1. The summed E-state index contributed by atoms with van der Waals surface area (Å²) >= 11 is 0. The number of aliphatic hydroxyl groups is 1. The minimum absolute atomic E-state index is 0.0899. The maximum atomic E-state index is 11.7. The fourth-order valence-corrected chi connectivity index (χ4v) is 8.63. The number of carbonyl (C=O) groups is 2. The van der Waals surface area contributed by atoms with E-state index < -0.39 is 11.7 Å². The van der Waals surface area contributed by atoms with Crippen LogP contribution < -0.4 is 0 Å². The molecule has 0 bridgehead atoms. The SMILES string of the molecule is CC(=O)OC1CCC2(C)C3CCC4(C)C(CC[C@]4(O)C(C)OC(C)=O)C3CC[C@H]2C1. The lowest BCUT2D eigenvalue weighted by molar-refractivity contribution is -0.201. The Labute approximate surface area is 181 Å². The highest BCUT2D eigenvalue weighted by Crippen LogP contribution is 2.68. The summed E-state index contributed by atoms with van der Waals surface area (Å²) in [5.41, 5.74) is -0.816. The Kier molecular flexibility index (Phi) is 5.52. The normalized spacial score (nSPS) is 48.7. The molecule has 0 aliphatic heterocycles. The summed E-state index contributed by atoms with van der Waals surface area (Å²) in [6.45, 7) is 9.57. The maximum Gasteiger partial charge on any atom is 0.302 e. The topological polar surface area (TPSA) is 72.8 Å². The van der Waals surface area contributed by atoms with E-state index in [1.807, 2.05) is 6.92 Å². The molecule has 0 aromatic carbocycles. The van der Waals surface area contributed by atoms with Crippen molar-refractivity contribution in [2.24, 2.45) is 34.5 Å². The minimum atomic E-state index is -0.932. The van der Waals surface area contributed by atoms with E-state index in [1.165, 1.54) is 26.7 Å². The third kappa shape index (κ3) is 3.22. The molecule has 4 rings (SSSR count). The quantitative estimate of drug-likeness (QED) is 0.673. The highest BCUT2D eigenvalue weighted by Gasteiger charge is 2.66. The van der Waals surface area contributed by atoms with E-state index in [0.717, 1.165) is 44.9 Å². The van der Waals surface area contributed by atoms with Crippen molar-refractivity contribution >= 4 is 11.9 Å². The fourth-order valence-electron chi connectivity index (χ4n) is 8.63. The first-order valence-electron chi connectivity index (χ1n) is 12.1. The van der Waals surface area contributed by atoms with Crippen molar-refractivity contribution in [2.45, 2.75) is 110 Å². The first-order valence-corrected chi connectivity index (χ1v) is 12.1. The van der Waals surface area contributed by atoms with Crippen LogP contribution in [0.25, 0.3) is 0 Å². The zero-order valence-corrected chi connectivity index (χ0v) is 19.4. The summed E-state index contributed by atoms with van der Waals surface area (Å²) in [6.07, 6.45) is 9.02. The fraction of sp³-hybridized carbons (Fsp3) is 0.920. The van der Waals surface area contributed by atoms with Gasteiger partial charge in [-0.1, -0.05) is 13.8 Å². The smallest absolute Gasteiger partial charge is 0.302 e. The third-order valence-electron chi connectivity index (χ3n) is 10.2. The highest BCUT2D eigenvalue weighted by atomic mass is 16.6. The van der Waals surface area contributed by atoms with Crippen molar-refractivity contribution in [3.63, 3.8) is 0 Å². The van der Waals surface area contributed by atoms with Gasteiger partial charge < -0.3 is 14.6 Å². The van der Waals surface area contributed by atoms with Crippen molar-refractivity contribution in [3.05, 3.63) is 0 Å². The number of rotatable bonds is 3. The third-order valence-corrected chi connectivity index (χ3v) is 10.2. The van der Waals surface area contributed by atoms with E-state index in [2.05, 4.69) is 13.8 Å². The Morgan fingerprint density at radius 2 is 1.63 bits per heavy atom. The summed E-state index contributed by atoms with van der Waals surface area (Å²) in [4.78, 5) is 23.0. The van der Waals surface area contributed by atoms with Crippen molar-refractivity contribution in [1.29, 1.82) is 0 Å². The second kappa shape index (κ2) is 7.50. The first kappa shape index (κ1) is 22.1. The molecular weight excluding hydrogens is 380 g/mol. The van der Waals surface area contributed by atoms with Gasteiger partial charge in [-0.15, -0.1) is 0 Å². The molecule has 0 heterocycles. The largest absolute Gasteiger partial charge is 0.463 e. The molecule has 4 fully saturated rings. The van der Waals surface area contributed by atoms with Crippen molar-refractivity contribution < 1.29 is 24.2 Å². The molecule has 0 spiro atoms. The van der Waals surface area contributed by atoms with Crippen LogP contribution in [0.4, 0.5) is 0 Å². The number of ether oxygens (including phenoxy) is 2. The maximum absolute atomic E-state index is 11.7. The number of hydrogen-bond acceptors (Lipinski definition) is 5. The predicted molar refractivity (Wildman–Crippen MR) is 113 cm³/mol. The van der Waals surface area contributed by atoms with Gasteiger partial charge in [0.25, 0.3) is 0 Å². The molecule has 0 aromatic rings. The monoisotopic (exact) mass is 420 g/mol. The van der Waals surface area contributed by atoms with Gasteiger partial charge >= 0.3 is 11.9 Å².